The van der Waals surface area contributed by atoms with Crippen molar-refractivity contribution in [3.05, 3.63) is 34.4 Å². The maximum absolute atomic E-state index is 10.6. The lowest BCUT2D eigenvalue weighted by Crippen LogP contribution is -2.56. The molecule has 7 heteroatoms. The van der Waals surface area contributed by atoms with Gasteiger partial charge in [0.05, 0.1) is 12.7 Å². The summed E-state index contributed by atoms with van der Waals surface area (Å²) < 4.78 is 12.2. The molecule has 1 saturated carbocycles. The summed E-state index contributed by atoms with van der Waals surface area (Å²) in [6.07, 6.45) is 5.77. The van der Waals surface area contributed by atoms with Crippen molar-refractivity contribution < 1.29 is 24.8 Å². The van der Waals surface area contributed by atoms with Gasteiger partial charge in [-0.25, -0.2) is 0 Å². The van der Waals surface area contributed by atoms with E-state index in [9.17, 15) is 15.3 Å². The van der Waals surface area contributed by atoms with Gasteiger partial charge in [0, 0.05) is 12.0 Å². The minimum atomic E-state index is -1.29. The van der Waals surface area contributed by atoms with Crippen LogP contribution in [0.25, 0.3) is 0 Å². The molecule has 6 N–H and O–H groups in total. The summed E-state index contributed by atoms with van der Waals surface area (Å²) in [5, 5.41) is 34.3. The number of allylic oxidation sites excluding steroid dienone is 4. The van der Waals surface area contributed by atoms with Crippen LogP contribution in [-0.4, -0.2) is 72.3 Å². The van der Waals surface area contributed by atoms with Crippen molar-refractivity contribution in [3.63, 3.8) is 0 Å². The normalized spacial score (nSPS) is 39.7. The number of hydrogen-bond donors (Lipinski definition) is 5. The van der Waals surface area contributed by atoms with Crippen LogP contribution >= 0.6 is 0 Å². The first-order valence-corrected chi connectivity index (χ1v) is 13.5. The highest BCUT2D eigenvalue weighted by Gasteiger charge is 2.53. The van der Waals surface area contributed by atoms with Crippen LogP contribution in [0.2, 0.25) is 0 Å². The van der Waals surface area contributed by atoms with E-state index in [0.717, 1.165) is 38.8 Å². The van der Waals surface area contributed by atoms with Gasteiger partial charge in [-0.05, 0) is 74.1 Å². The Morgan fingerprint density at radius 2 is 1.91 bits per heavy atom. The van der Waals surface area contributed by atoms with E-state index in [1.165, 1.54) is 23.1 Å². The standard InChI is InChI=1S/C28H46N2O5/c1-17(2)19-8-9-27(3)10-11-28(4)20(23(19)27)7-6-18(15-30-13-5-12-29)14-22(28)35-26-25(33)24(32)21(31)16-34-26/h6-7,17,21-22,24-26,30-33H,5,8-16,29H2,1-4H3/t21-,22+,24+,25-,26+,27-,28-/m1/s1. The monoisotopic (exact) mass is 490 g/mol. The Kier molecular flexibility index (Phi) is 8.28. The number of hydrogen-bond acceptors (Lipinski definition) is 7. The fraction of sp³-hybridized carbons (Fsp3) is 0.786. The highest BCUT2D eigenvalue weighted by atomic mass is 16.7. The van der Waals surface area contributed by atoms with Gasteiger partial charge in [-0.1, -0.05) is 51.0 Å². The van der Waals surface area contributed by atoms with Crippen molar-refractivity contribution in [3.8, 4) is 0 Å². The fourth-order valence-corrected chi connectivity index (χ4v) is 6.54. The minimum Gasteiger partial charge on any atom is -0.388 e. The van der Waals surface area contributed by atoms with Gasteiger partial charge >= 0.3 is 0 Å². The van der Waals surface area contributed by atoms with Gasteiger partial charge in [0.2, 0.25) is 0 Å². The topological polar surface area (TPSA) is 117 Å². The van der Waals surface area contributed by atoms with Crippen molar-refractivity contribution >= 4 is 0 Å². The van der Waals surface area contributed by atoms with Crippen molar-refractivity contribution in [2.45, 2.75) is 96.9 Å². The molecule has 7 nitrogen and oxygen atoms in total. The Morgan fingerprint density at radius 3 is 2.63 bits per heavy atom. The minimum absolute atomic E-state index is 0.0565. The molecule has 198 valence electrons. The summed E-state index contributed by atoms with van der Waals surface area (Å²) in [7, 11) is 0. The molecule has 7 atom stereocenters. The average molecular weight is 491 g/mol. The molecular weight excluding hydrogens is 444 g/mol. The number of aliphatic hydroxyl groups is 3. The number of aliphatic hydroxyl groups excluding tert-OH is 3. The van der Waals surface area contributed by atoms with Gasteiger partial charge in [-0.2, -0.15) is 0 Å². The first-order valence-electron chi connectivity index (χ1n) is 13.5. The molecular formula is C28H46N2O5. The van der Waals surface area contributed by atoms with Gasteiger partial charge < -0.3 is 35.8 Å². The van der Waals surface area contributed by atoms with E-state index in [-0.39, 0.29) is 23.5 Å². The molecule has 0 radical (unpaired) electrons. The summed E-state index contributed by atoms with van der Waals surface area (Å²) >= 11 is 0. The third-order valence-corrected chi connectivity index (χ3v) is 8.95. The van der Waals surface area contributed by atoms with Gasteiger partial charge in [-0.15, -0.1) is 0 Å². The Bertz CT molecular complexity index is 867. The predicted molar refractivity (Wildman–Crippen MR) is 137 cm³/mol. The van der Waals surface area contributed by atoms with Crippen LogP contribution in [0.3, 0.4) is 0 Å². The molecule has 0 spiro atoms. The molecule has 0 unspecified atom stereocenters. The highest BCUT2D eigenvalue weighted by Crippen LogP contribution is 2.62. The lowest BCUT2D eigenvalue weighted by molar-refractivity contribution is -0.291. The lowest BCUT2D eigenvalue weighted by Gasteiger charge is -2.50. The van der Waals surface area contributed by atoms with E-state index in [1.54, 1.807) is 5.57 Å². The third kappa shape index (κ3) is 5.19. The van der Waals surface area contributed by atoms with E-state index >= 15 is 0 Å². The summed E-state index contributed by atoms with van der Waals surface area (Å²) in [6, 6.07) is 0. The third-order valence-electron chi connectivity index (χ3n) is 8.95. The highest BCUT2D eigenvalue weighted by molar-refractivity contribution is 5.52. The van der Waals surface area contributed by atoms with Crippen LogP contribution in [0.1, 0.15) is 66.2 Å². The van der Waals surface area contributed by atoms with Crippen LogP contribution in [0.5, 0.6) is 0 Å². The zero-order chi connectivity index (χ0) is 25.4. The van der Waals surface area contributed by atoms with E-state index in [0.29, 0.717) is 18.9 Å². The SMILES string of the molecule is CC(C)C1=C2C3=CC=C(CNCCCN)C[C@H](O[C@@H]4OC[C@@H](O)[C@H](O)[C@H]4O)[C@]3(C)CC[C@@]2(C)CC1. The Balaban J connectivity index is 1.69. The molecule has 0 amide bonds. The van der Waals surface area contributed by atoms with Crippen LogP contribution in [0.15, 0.2) is 34.4 Å². The van der Waals surface area contributed by atoms with Gasteiger partial charge in [0.1, 0.15) is 18.3 Å². The van der Waals surface area contributed by atoms with Gasteiger partial charge in [0.25, 0.3) is 0 Å². The average Bonchev–Trinajstić information content (AvgIpc) is 3.11. The molecule has 35 heavy (non-hydrogen) atoms. The maximum Gasteiger partial charge on any atom is 0.186 e. The molecule has 0 aromatic rings. The van der Waals surface area contributed by atoms with Crippen LogP contribution in [0, 0.1) is 16.7 Å². The predicted octanol–water partition coefficient (Wildman–Crippen LogP) is 2.56. The molecule has 3 aliphatic carbocycles. The fourth-order valence-electron chi connectivity index (χ4n) is 6.54. The summed E-state index contributed by atoms with van der Waals surface area (Å²) in [6.45, 7) is 11.5. The van der Waals surface area contributed by atoms with Gasteiger partial charge in [-0.3, -0.25) is 0 Å². The summed E-state index contributed by atoms with van der Waals surface area (Å²) in [5.74, 6) is 0.499. The molecule has 2 fully saturated rings. The van der Waals surface area contributed by atoms with Crippen LogP contribution in [0.4, 0.5) is 0 Å². The first-order chi connectivity index (χ1) is 16.6. The number of rotatable bonds is 8. The van der Waals surface area contributed by atoms with Crippen molar-refractivity contribution in [1.29, 1.82) is 0 Å². The Labute approximate surface area is 210 Å². The molecule has 0 bridgehead atoms. The van der Waals surface area contributed by atoms with Crippen molar-refractivity contribution in [2.75, 3.05) is 26.2 Å². The summed E-state index contributed by atoms with van der Waals surface area (Å²) in [4.78, 5) is 0. The van der Waals surface area contributed by atoms with E-state index in [1.807, 2.05) is 0 Å². The van der Waals surface area contributed by atoms with Crippen LogP contribution < -0.4 is 11.1 Å². The molecule has 1 aliphatic heterocycles. The second kappa shape index (κ2) is 10.7. The van der Waals surface area contributed by atoms with Crippen molar-refractivity contribution in [1.82, 2.24) is 5.32 Å². The smallest absolute Gasteiger partial charge is 0.186 e. The molecule has 1 heterocycles. The molecule has 4 aliphatic rings. The van der Waals surface area contributed by atoms with E-state index in [2.05, 4.69) is 45.2 Å². The van der Waals surface area contributed by atoms with E-state index in [4.69, 9.17) is 15.2 Å². The van der Waals surface area contributed by atoms with Gasteiger partial charge in [0.15, 0.2) is 6.29 Å². The van der Waals surface area contributed by atoms with Crippen LogP contribution in [-0.2, 0) is 9.47 Å². The van der Waals surface area contributed by atoms with E-state index < -0.39 is 24.6 Å². The quantitative estimate of drug-likeness (QED) is 0.332. The number of ether oxygens (including phenoxy) is 2. The first kappa shape index (κ1) is 27.0. The maximum atomic E-state index is 10.6. The molecule has 4 rings (SSSR count). The Hall–Kier alpha value is -1.06. The molecule has 0 aromatic heterocycles. The number of nitrogens with one attached hydrogen (secondary N) is 1. The summed E-state index contributed by atoms with van der Waals surface area (Å²) in [5.41, 5.74) is 11.3. The zero-order valence-electron chi connectivity index (χ0n) is 21.9. The van der Waals surface area contributed by atoms with Crippen molar-refractivity contribution in [2.24, 2.45) is 22.5 Å². The molecule has 0 aromatic carbocycles. The molecule has 1 saturated heterocycles. The number of nitrogens with two attached hydrogens (primary N) is 1. The largest absolute Gasteiger partial charge is 0.388 e. The Morgan fingerprint density at radius 1 is 1.14 bits per heavy atom. The lowest BCUT2D eigenvalue weighted by atomic mass is 9.57. The second-order valence-electron chi connectivity index (χ2n) is 11.8. The zero-order valence-corrected chi connectivity index (χ0v) is 21.9. The second-order valence-corrected chi connectivity index (χ2v) is 11.8. The number of fused-ring (bicyclic) bond motifs is 3.